The smallest absolute Gasteiger partial charge is 0.336 e. The number of amides is 1. The normalized spacial score (nSPS) is 25.2. The van der Waals surface area contributed by atoms with Gasteiger partial charge in [0, 0.05) is 12.5 Å². The molecule has 5 rings (SSSR count). The Morgan fingerprint density at radius 2 is 1.48 bits per heavy atom. The van der Waals surface area contributed by atoms with E-state index in [-0.39, 0.29) is 37.9 Å². The summed E-state index contributed by atoms with van der Waals surface area (Å²) in [4.78, 5) is 25.1. The highest BCUT2D eigenvalue weighted by Gasteiger charge is 2.51. The highest BCUT2D eigenvalue weighted by Crippen LogP contribution is 2.36. The third-order valence-corrected chi connectivity index (χ3v) is 6.99. The van der Waals surface area contributed by atoms with E-state index in [2.05, 4.69) is 11.9 Å². The average molecular weight is 574 g/mol. The van der Waals surface area contributed by atoms with Crippen molar-refractivity contribution in [3.05, 3.63) is 120 Å². The van der Waals surface area contributed by atoms with Gasteiger partial charge < -0.3 is 33.7 Å². The highest BCUT2D eigenvalue weighted by atomic mass is 16.7. The summed E-state index contributed by atoms with van der Waals surface area (Å²) in [6, 6.07) is 27.8. The minimum atomic E-state index is -0.876. The Morgan fingerprint density at radius 3 is 2.12 bits per heavy atom. The molecule has 3 aromatic carbocycles. The number of carbonyl (C=O) groups excluding carboxylic acids is 2. The summed E-state index contributed by atoms with van der Waals surface area (Å²) >= 11 is 0. The molecule has 2 heterocycles. The van der Waals surface area contributed by atoms with Crippen LogP contribution in [-0.2, 0) is 51.2 Å². The summed E-state index contributed by atoms with van der Waals surface area (Å²) in [6.45, 7) is 5.72. The molecular formula is C33H35NO8. The highest BCUT2D eigenvalue weighted by molar-refractivity contribution is 5.87. The fourth-order valence-corrected chi connectivity index (χ4v) is 4.91. The molecule has 0 saturated carbocycles. The molecule has 0 spiro atoms. The molecular weight excluding hydrogens is 538 g/mol. The van der Waals surface area contributed by atoms with Gasteiger partial charge in [-0.15, -0.1) is 0 Å². The van der Waals surface area contributed by atoms with Gasteiger partial charge >= 0.3 is 5.97 Å². The molecule has 0 aliphatic carbocycles. The molecule has 1 amide bonds. The molecule has 0 unspecified atom stereocenters. The number of rotatable bonds is 11. The molecule has 1 N–H and O–H groups in total. The Labute approximate surface area is 245 Å². The van der Waals surface area contributed by atoms with Crippen molar-refractivity contribution in [1.29, 1.82) is 0 Å². The zero-order chi connectivity index (χ0) is 29.3. The number of ether oxygens (including phenoxy) is 6. The minimum Gasteiger partial charge on any atom is -0.457 e. The molecule has 9 nitrogen and oxygen atoms in total. The van der Waals surface area contributed by atoms with Crippen molar-refractivity contribution in [3.63, 3.8) is 0 Å². The molecule has 0 bridgehead atoms. The van der Waals surface area contributed by atoms with Crippen LogP contribution < -0.4 is 5.32 Å². The van der Waals surface area contributed by atoms with Crippen LogP contribution in [0.25, 0.3) is 0 Å². The molecule has 2 aliphatic rings. The largest absolute Gasteiger partial charge is 0.457 e. The number of nitrogens with one attached hydrogen (secondary N) is 1. The van der Waals surface area contributed by atoms with Gasteiger partial charge in [0.15, 0.2) is 12.6 Å². The van der Waals surface area contributed by atoms with E-state index in [4.69, 9.17) is 28.4 Å². The SMILES string of the molecule is C=C(CO[C@@H]1[C@H](NC(C)=O)[C@H](OCc2ccccc2)O[C@H]2CO[C@H](c3ccccc3)O[C@@H]12)C(=O)OCc1ccccc1. The number of fused-ring (bicyclic) bond motifs is 1. The first-order valence-electron chi connectivity index (χ1n) is 13.9. The second-order valence-electron chi connectivity index (χ2n) is 10.2. The second-order valence-corrected chi connectivity index (χ2v) is 10.2. The first-order chi connectivity index (χ1) is 20.5. The fraction of sp³-hybridized carbons (Fsp3) is 0.333. The van der Waals surface area contributed by atoms with E-state index >= 15 is 0 Å². The maximum atomic E-state index is 12.7. The lowest BCUT2D eigenvalue weighted by Crippen LogP contribution is -2.67. The number of esters is 1. The van der Waals surface area contributed by atoms with Crippen LogP contribution in [0.2, 0.25) is 0 Å². The van der Waals surface area contributed by atoms with Gasteiger partial charge in [0.05, 0.1) is 25.4 Å². The summed E-state index contributed by atoms with van der Waals surface area (Å²) in [7, 11) is 0. The van der Waals surface area contributed by atoms with E-state index in [1.54, 1.807) is 0 Å². The van der Waals surface area contributed by atoms with Gasteiger partial charge in [-0.25, -0.2) is 4.79 Å². The van der Waals surface area contributed by atoms with Crippen molar-refractivity contribution in [1.82, 2.24) is 5.32 Å². The van der Waals surface area contributed by atoms with E-state index in [1.807, 2.05) is 91.0 Å². The third kappa shape index (κ3) is 7.70. The summed E-state index contributed by atoms with van der Waals surface area (Å²) in [5.74, 6) is -0.873. The van der Waals surface area contributed by atoms with Crippen molar-refractivity contribution in [2.24, 2.45) is 0 Å². The lowest BCUT2D eigenvalue weighted by atomic mass is 9.95. The molecule has 2 fully saturated rings. The molecule has 0 radical (unpaired) electrons. The Balaban J connectivity index is 1.33. The van der Waals surface area contributed by atoms with Crippen LogP contribution in [0.4, 0.5) is 0 Å². The molecule has 9 heteroatoms. The van der Waals surface area contributed by atoms with Crippen molar-refractivity contribution < 1.29 is 38.0 Å². The Hall–Kier alpha value is -3.86. The summed E-state index contributed by atoms with van der Waals surface area (Å²) in [5, 5.41) is 2.92. The monoisotopic (exact) mass is 573 g/mol. The van der Waals surface area contributed by atoms with Crippen LogP contribution in [0.3, 0.4) is 0 Å². The summed E-state index contributed by atoms with van der Waals surface area (Å²) in [6.07, 6.45) is -3.51. The minimum absolute atomic E-state index is 0.115. The van der Waals surface area contributed by atoms with E-state index in [1.165, 1.54) is 6.92 Å². The van der Waals surface area contributed by atoms with Gasteiger partial charge in [-0.1, -0.05) is 97.6 Å². The van der Waals surface area contributed by atoms with Crippen LogP contribution in [0.1, 0.15) is 29.9 Å². The fourth-order valence-electron chi connectivity index (χ4n) is 4.91. The van der Waals surface area contributed by atoms with Gasteiger partial charge in [0.25, 0.3) is 0 Å². The Bertz CT molecular complexity index is 1320. The average Bonchev–Trinajstić information content (AvgIpc) is 3.03. The van der Waals surface area contributed by atoms with E-state index in [9.17, 15) is 9.59 Å². The summed E-state index contributed by atoms with van der Waals surface area (Å²) < 4.78 is 36.6. The van der Waals surface area contributed by atoms with Crippen molar-refractivity contribution in [2.75, 3.05) is 13.2 Å². The van der Waals surface area contributed by atoms with Crippen molar-refractivity contribution in [3.8, 4) is 0 Å². The van der Waals surface area contributed by atoms with Gasteiger partial charge in [-0.2, -0.15) is 0 Å². The van der Waals surface area contributed by atoms with Crippen molar-refractivity contribution in [2.45, 2.75) is 57.1 Å². The van der Waals surface area contributed by atoms with E-state index in [0.717, 1.165) is 16.7 Å². The summed E-state index contributed by atoms with van der Waals surface area (Å²) in [5.41, 5.74) is 2.77. The van der Waals surface area contributed by atoms with Crippen LogP contribution in [0.15, 0.2) is 103 Å². The quantitative estimate of drug-likeness (QED) is 0.269. The van der Waals surface area contributed by atoms with E-state index in [0.29, 0.717) is 0 Å². The lowest BCUT2D eigenvalue weighted by molar-refractivity contribution is -0.349. The zero-order valence-corrected chi connectivity index (χ0v) is 23.4. The van der Waals surface area contributed by atoms with Gasteiger partial charge in [0.1, 0.15) is 31.0 Å². The van der Waals surface area contributed by atoms with Crippen LogP contribution in [0.5, 0.6) is 0 Å². The predicted octanol–water partition coefficient (Wildman–Crippen LogP) is 4.23. The number of carbonyl (C=O) groups is 2. The maximum Gasteiger partial charge on any atom is 0.336 e. The standard InChI is InChI=1S/C33H35NO8/c1-22(31(36)38-19-24-12-6-3-7-13-24)18-37-30-28(34-23(2)35)33(39-20-25-14-8-4-9-15-25)41-27-21-40-32(42-29(27)30)26-16-10-5-11-17-26/h3-17,27-30,32-33H,1,18-21H2,2H3,(H,34,35)/t27-,28-,29+,30+,32-,33+/m0/s1. The number of hydrogen-bond donors (Lipinski definition) is 1. The van der Waals surface area contributed by atoms with Crippen LogP contribution >= 0.6 is 0 Å². The van der Waals surface area contributed by atoms with Gasteiger partial charge in [-0.3, -0.25) is 4.79 Å². The van der Waals surface area contributed by atoms with Crippen LogP contribution in [0, 0.1) is 0 Å². The first kappa shape index (κ1) is 29.6. The van der Waals surface area contributed by atoms with Gasteiger partial charge in [0.2, 0.25) is 5.91 Å². The second kappa shape index (κ2) is 14.4. The number of benzene rings is 3. The molecule has 6 atom stereocenters. The third-order valence-electron chi connectivity index (χ3n) is 6.99. The van der Waals surface area contributed by atoms with E-state index < -0.39 is 42.9 Å². The molecule has 0 aromatic heterocycles. The van der Waals surface area contributed by atoms with Crippen molar-refractivity contribution >= 4 is 11.9 Å². The molecule has 42 heavy (non-hydrogen) atoms. The lowest BCUT2D eigenvalue weighted by Gasteiger charge is -2.49. The molecule has 2 aliphatic heterocycles. The number of hydrogen-bond acceptors (Lipinski definition) is 8. The molecule has 220 valence electrons. The Kier molecular flexibility index (Phi) is 10.1. The molecule has 3 aromatic rings. The Morgan fingerprint density at radius 1 is 0.857 bits per heavy atom. The predicted molar refractivity (Wildman–Crippen MR) is 153 cm³/mol. The first-order valence-corrected chi connectivity index (χ1v) is 13.9. The molecule has 2 saturated heterocycles. The van der Waals surface area contributed by atoms with Crippen LogP contribution in [-0.4, -0.2) is 55.7 Å². The van der Waals surface area contributed by atoms with Gasteiger partial charge in [-0.05, 0) is 11.1 Å². The maximum absolute atomic E-state index is 12.7. The topological polar surface area (TPSA) is 102 Å². The zero-order valence-electron chi connectivity index (χ0n) is 23.4.